The summed E-state index contributed by atoms with van der Waals surface area (Å²) in [5, 5.41) is 3.51. The molecule has 5 aromatic carbocycles. The van der Waals surface area contributed by atoms with Crippen molar-refractivity contribution < 1.29 is 52.4 Å². The first-order valence-corrected chi connectivity index (χ1v) is 24.1. The van der Waals surface area contributed by atoms with Gasteiger partial charge in [0.25, 0.3) is 11.8 Å². The van der Waals surface area contributed by atoms with Gasteiger partial charge in [-0.05, 0) is 77.6 Å². The molecule has 0 saturated heterocycles. The molecule has 0 bridgehead atoms. The molecule has 0 spiro atoms. The summed E-state index contributed by atoms with van der Waals surface area (Å²) in [5.74, 6) is 0.971. The van der Waals surface area contributed by atoms with Crippen LogP contribution in [0.4, 0.5) is 28.4 Å². The lowest BCUT2D eigenvalue weighted by Gasteiger charge is -2.26. The third-order valence-electron chi connectivity index (χ3n) is 13.0. The number of methoxy groups -OCH3 is 3. The molecule has 0 saturated carbocycles. The van der Waals surface area contributed by atoms with E-state index in [1.54, 1.807) is 44.4 Å². The van der Waals surface area contributed by atoms with E-state index in [0.717, 1.165) is 45.7 Å². The predicted octanol–water partition coefficient (Wildman–Crippen LogP) is 7.31. The van der Waals surface area contributed by atoms with E-state index in [2.05, 4.69) is 34.0 Å². The number of hydrogen-bond acceptors (Lipinski definition) is 16. The lowest BCUT2D eigenvalue weighted by molar-refractivity contribution is -0.146. The van der Waals surface area contributed by atoms with Gasteiger partial charge in [0.05, 0.1) is 81.8 Å². The Bertz CT molecular complexity index is 2770. The molecule has 0 radical (unpaired) electrons. The number of nitrogens with one attached hydrogen (secondary N) is 2. The van der Waals surface area contributed by atoms with E-state index in [-0.39, 0.29) is 43.5 Å². The third-order valence-corrected chi connectivity index (χ3v) is 13.0. The Balaban J connectivity index is 0.989. The van der Waals surface area contributed by atoms with Gasteiger partial charge in [0.1, 0.15) is 13.2 Å². The van der Waals surface area contributed by atoms with E-state index >= 15 is 0 Å². The maximum absolute atomic E-state index is 14.2. The molecule has 71 heavy (non-hydrogen) atoms. The summed E-state index contributed by atoms with van der Waals surface area (Å²) in [5.41, 5.74) is 8.54. The fourth-order valence-electron chi connectivity index (χ4n) is 9.54. The number of nitrogens with zero attached hydrogens (tertiary/aromatic N) is 4. The highest BCUT2D eigenvalue weighted by molar-refractivity contribution is 7.77. The summed E-state index contributed by atoms with van der Waals surface area (Å²) >= 11 is 3.80. The molecule has 0 unspecified atom stereocenters. The molecule has 0 aliphatic carbocycles. The Morgan fingerprint density at radius 3 is 2.07 bits per heavy atom. The molecular weight excluding hydrogens is 929 g/mol. The highest BCUT2D eigenvalue weighted by atomic mass is 32.1. The fourth-order valence-corrected chi connectivity index (χ4v) is 9.64. The molecule has 5 aromatic rings. The molecule has 0 aromatic heterocycles. The molecule has 18 heteroatoms. The van der Waals surface area contributed by atoms with Crippen LogP contribution in [0.1, 0.15) is 55.8 Å². The second-order valence-corrected chi connectivity index (χ2v) is 17.6. The highest BCUT2D eigenvalue weighted by Crippen LogP contribution is 2.43. The van der Waals surface area contributed by atoms with Crippen molar-refractivity contribution in [3.05, 3.63) is 124 Å². The second-order valence-electron chi connectivity index (χ2n) is 17.4. The summed E-state index contributed by atoms with van der Waals surface area (Å²) in [4.78, 5) is 58.3. The van der Waals surface area contributed by atoms with Gasteiger partial charge in [-0.2, -0.15) is 0 Å². The van der Waals surface area contributed by atoms with E-state index in [1.807, 2.05) is 77.8 Å². The van der Waals surface area contributed by atoms with Gasteiger partial charge >= 0.3 is 5.97 Å². The van der Waals surface area contributed by atoms with Crippen LogP contribution >= 0.6 is 12.8 Å². The van der Waals surface area contributed by atoms with Crippen molar-refractivity contribution in [2.24, 2.45) is 4.99 Å². The first kappa shape index (κ1) is 49.2. The predicted molar refractivity (Wildman–Crippen MR) is 272 cm³/mol. The largest absolute Gasteiger partial charge is 0.493 e. The first-order chi connectivity index (χ1) is 34.8. The summed E-state index contributed by atoms with van der Waals surface area (Å²) in [7, 11) is 4.73. The van der Waals surface area contributed by atoms with Gasteiger partial charge in [0.15, 0.2) is 23.0 Å². The number of carbonyl (C=O) groups is 3. The fraction of sp³-hybridized carbons (Fsp3) is 0.358. The van der Waals surface area contributed by atoms with Crippen molar-refractivity contribution in [1.29, 1.82) is 0 Å². The molecule has 4 aliphatic heterocycles. The van der Waals surface area contributed by atoms with Gasteiger partial charge < -0.3 is 53.1 Å². The minimum atomic E-state index is -0.442. The minimum absolute atomic E-state index is 0.0317. The average Bonchev–Trinajstić information content (AvgIpc) is 3.88. The topological polar surface area (TPSA) is 171 Å². The molecule has 2 atom stereocenters. The van der Waals surface area contributed by atoms with Crippen LogP contribution in [0.2, 0.25) is 0 Å². The van der Waals surface area contributed by atoms with Crippen LogP contribution in [0.15, 0.2) is 96.0 Å². The number of aliphatic imine (C=N–C) groups is 1. The molecule has 4 aliphatic rings. The zero-order valence-corrected chi connectivity index (χ0v) is 40.9. The van der Waals surface area contributed by atoms with Gasteiger partial charge in [0, 0.05) is 75.0 Å². The van der Waals surface area contributed by atoms with Crippen LogP contribution in [-0.4, -0.2) is 110 Å². The van der Waals surface area contributed by atoms with Crippen molar-refractivity contribution in [3.8, 4) is 23.0 Å². The molecule has 17 nitrogen and oxygen atoms in total. The number of ether oxygens (including phenoxy) is 7. The maximum Gasteiger partial charge on any atom is 0.326 e. The monoisotopic (exact) mass is 986 g/mol. The van der Waals surface area contributed by atoms with Gasteiger partial charge in [-0.1, -0.05) is 54.1 Å². The van der Waals surface area contributed by atoms with Crippen molar-refractivity contribution in [2.75, 3.05) is 94.0 Å². The Labute approximate surface area is 418 Å². The smallest absolute Gasteiger partial charge is 0.326 e. The lowest BCUT2D eigenvalue weighted by Crippen LogP contribution is -2.39. The van der Waals surface area contributed by atoms with Crippen LogP contribution in [0, 0.1) is 0 Å². The normalized spacial score (nSPS) is 16.1. The number of benzene rings is 5. The number of rotatable bonds is 23. The minimum Gasteiger partial charge on any atom is -0.493 e. The van der Waals surface area contributed by atoms with E-state index in [1.165, 1.54) is 0 Å². The number of para-hydroxylation sites is 2. The highest BCUT2D eigenvalue weighted by Gasteiger charge is 2.39. The van der Waals surface area contributed by atoms with Crippen LogP contribution in [0.25, 0.3) is 0 Å². The quantitative estimate of drug-likeness (QED) is 0.0338. The molecule has 4 heterocycles. The van der Waals surface area contributed by atoms with Crippen LogP contribution in [-0.2, 0) is 49.9 Å². The number of thiol groups is 1. The van der Waals surface area contributed by atoms with Crippen molar-refractivity contribution in [3.63, 3.8) is 0 Å². The van der Waals surface area contributed by atoms with Gasteiger partial charge in [-0.15, -0.1) is 0 Å². The third kappa shape index (κ3) is 11.1. The summed E-state index contributed by atoms with van der Waals surface area (Å²) in [6, 6.07) is 28.8. The number of fused-ring (bicyclic) bond motifs is 8. The number of anilines is 4. The van der Waals surface area contributed by atoms with Gasteiger partial charge in [0.2, 0.25) is 0 Å². The van der Waals surface area contributed by atoms with Crippen molar-refractivity contribution in [1.82, 2.24) is 4.89 Å². The van der Waals surface area contributed by atoms with Gasteiger partial charge in [-0.25, -0.2) is 0 Å². The van der Waals surface area contributed by atoms with E-state index in [0.29, 0.717) is 111 Å². The van der Waals surface area contributed by atoms with E-state index in [9.17, 15) is 14.4 Å². The van der Waals surface area contributed by atoms with Crippen molar-refractivity contribution >= 4 is 65.3 Å². The molecule has 372 valence electrons. The van der Waals surface area contributed by atoms with Crippen LogP contribution < -0.4 is 43.8 Å². The standard InChI is InChI=1S/C53H58N6O11S/c1-63-17-18-67-20-19-66-16-15-57(14-8-13-51(60)70-56-71)38-22-34(32-68-49-28-43-41(26-47(49)64-2)52(61)58-39(30-54-43)24-36-9-4-6-11-45(36)58)21-35(23-38)33-69-50-29-44-42(27-48(50)65-3)53(62)59-40(31-55-44)25-37-10-5-7-12-46(37)59/h4-7,9-12,21-23,26-30,39-40,55-56,71H,8,13-20,24-25,31-33H2,1-3H3/t39-,40-/m0/s1. The lowest BCUT2D eigenvalue weighted by atomic mass is 10.1. The van der Waals surface area contributed by atoms with E-state index < -0.39 is 5.97 Å². The molecular formula is C53H58N6O11S. The molecule has 9 rings (SSSR count). The molecule has 2 amide bonds. The van der Waals surface area contributed by atoms with E-state index in [4.69, 9.17) is 43.0 Å². The first-order valence-electron chi connectivity index (χ1n) is 23.7. The van der Waals surface area contributed by atoms with Crippen LogP contribution in [0.5, 0.6) is 23.0 Å². The summed E-state index contributed by atoms with van der Waals surface area (Å²) in [6.07, 6.45) is 3.88. The number of hydrogen-bond donors (Lipinski definition) is 3. The Kier molecular flexibility index (Phi) is 15.9. The zero-order chi connectivity index (χ0) is 49.3. The molecule has 0 fully saturated rings. The summed E-state index contributed by atoms with van der Waals surface area (Å²) in [6.45, 7) is 3.91. The second kappa shape index (κ2) is 22.9. The Morgan fingerprint density at radius 2 is 1.37 bits per heavy atom. The Hall–Kier alpha value is -6.83. The summed E-state index contributed by atoms with van der Waals surface area (Å²) < 4.78 is 41.5. The zero-order valence-electron chi connectivity index (χ0n) is 40.0. The maximum atomic E-state index is 14.2. The SMILES string of the molecule is COCCOCCOCCN(CCCC(=O)ONS)c1cc(COc2cc3c(cc2OC)C(=O)N2c4ccccc4C[C@H]2C=N3)cc(COc2cc3c(cc2OC)C(=O)N2c4ccccc4C[C@H]2CN3)c1. The van der Waals surface area contributed by atoms with Crippen LogP contribution in [0.3, 0.4) is 0 Å². The number of carbonyl (C=O) groups excluding carboxylic acids is 3. The van der Waals surface area contributed by atoms with Crippen molar-refractivity contribution in [2.45, 2.75) is 51.0 Å². The number of amides is 2. The van der Waals surface area contributed by atoms with Gasteiger partial charge in [-0.3, -0.25) is 24.3 Å². The Morgan fingerprint density at radius 1 is 0.732 bits per heavy atom. The average molecular weight is 987 g/mol. The molecule has 2 N–H and O–H groups in total.